The Labute approximate surface area is 64.6 Å². The lowest BCUT2D eigenvalue weighted by Crippen LogP contribution is -2.51. The molecule has 1 fully saturated rings. The van der Waals surface area contributed by atoms with Crippen molar-refractivity contribution in [2.45, 2.75) is 32.7 Å². The van der Waals surface area contributed by atoms with Gasteiger partial charge in [0.15, 0.2) is 0 Å². The minimum Gasteiger partial charge on any atom is -0.326 e. The maximum atomic E-state index is 2.37. The Balaban J connectivity index is 2.52. The van der Waals surface area contributed by atoms with Crippen LogP contribution in [-0.4, -0.2) is 31.2 Å². The van der Waals surface area contributed by atoms with E-state index in [1.165, 1.54) is 23.9 Å². The molecule has 0 saturated carbocycles. The molecule has 60 valence electrons. The van der Waals surface area contributed by atoms with Crippen LogP contribution in [0.3, 0.4) is 0 Å². The summed E-state index contributed by atoms with van der Waals surface area (Å²) >= 11 is 0. The minimum absolute atomic E-state index is 0.865. The molecule has 0 aromatic carbocycles. The van der Waals surface area contributed by atoms with Gasteiger partial charge in [0.1, 0.15) is 0 Å². The van der Waals surface area contributed by atoms with E-state index < -0.39 is 0 Å². The molecule has 0 amide bonds. The van der Waals surface area contributed by atoms with Gasteiger partial charge in [-0.25, -0.2) is 0 Å². The number of likely N-dealkylation sites (tertiary alicyclic amines) is 1. The standard InChI is InChI=1S/C9H20N/c1-8-5-6-10(3,4)9(2)7-8/h8-9H,5-7H2,1-4H3/q+1. The third-order valence-electron chi connectivity index (χ3n) is 3.13. The van der Waals surface area contributed by atoms with Gasteiger partial charge in [-0.3, -0.25) is 0 Å². The number of quaternary nitrogens is 1. The second-order valence-electron chi connectivity index (χ2n) is 4.48. The minimum atomic E-state index is 0.865. The molecule has 0 bridgehead atoms. The first-order valence-electron chi connectivity index (χ1n) is 4.35. The number of piperidine rings is 1. The molecule has 0 aromatic rings. The van der Waals surface area contributed by atoms with Crippen LogP contribution in [0.1, 0.15) is 26.7 Å². The van der Waals surface area contributed by atoms with Gasteiger partial charge in [0, 0.05) is 6.42 Å². The normalized spacial score (nSPS) is 39.6. The fraction of sp³-hybridized carbons (Fsp3) is 1.00. The first-order valence-corrected chi connectivity index (χ1v) is 4.35. The molecule has 1 heterocycles. The Morgan fingerprint density at radius 1 is 1.20 bits per heavy atom. The van der Waals surface area contributed by atoms with Gasteiger partial charge in [0.2, 0.25) is 0 Å². The molecule has 2 unspecified atom stereocenters. The van der Waals surface area contributed by atoms with Crippen molar-refractivity contribution in [3.8, 4) is 0 Å². The van der Waals surface area contributed by atoms with Crippen molar-refractivity contribution in [2.75, 3.05) is 20.6 Å². The SMILES string of the molecule is CC1CC[N+](C)(C)C(C)C1. The van der Waals surface area contributed by atoms with E-state index >= 15 is 0 Å². The summed E-state index contributed by atoms with van der Waals surface area (Å²) < 4.78 is 1.23. The molecule has 0 spiro atoms. The summed E-state index contributed by atoms with van der Waals surface area (Å²) in [6.07, 6.45) is 2.82. The molecule has 1 nitrogen and oxygen atoms in total. The van der Waals surface area contributed by atoms with E-state index in [-0.39, 0.29) is 0 Å². The zero-order valence-corrected chi connectivity index (χ0v) is 7.72. The van der Waals surface area contributed by atoms with Crippen molar-refractivity contribution in [2.24, 2.45) is 5.92 Å². The molecule has 10 heavy (non-hydrogen) atoms. The molecule has 0 radical (unpaired) electrons. The van der Waals surface area contributed by atoms with Gasteiger partial charge in [-0.2, -0.15) is 0 Å². The average molecular weight is 142 g/mol. The van der Waals surface area contributed by atoms with Crippen LogP contribution in [0.15, 0.2) is 0 Å². The first kappa shape index (κ1) is 8.06. The van der Waals surface area contributed by atoms with Gasteiger partial charge in [-0.1, -0.05) is 6.92 Å². The molecule has 1 rings (SSSR count). The fourth-order valence-electron chi connectivity index (χ4n) is 1.76. The third kappa shape index (κ3) is 1.51. The zero-order chi connectivity index (χ0) is 7.78. The van der Waals surface area contributed by atoms with E-state index in [1.807, 2.05) is 0 Å². The van der Waals surface area contributed by atoms with Crippen molar-refractivity contribution in [3.63, 3.8) is 0 Å². The van der Waals surface area contributed by atoms with Crippen LogP contribution in [-0.2, 0) is 0 Å². The monoisotopic (exact) mass is 142 g/mol. The quantitative estimate of drug-likeness (QED) is 0.453. The predicted octanol–water partition coefficient (Wildman–Crippen LogP) is 1.88. The van der Waals surface area contributed by atoms with Gasteiger partial charge < -0.3 is 4.48 Å². The van der Waals surface area contributed by atoms with Crippen molar-refractivity contribution >= 4 is 0 Å². The van der Waals surface area contributed by atoms with Crippen LogP contribution in [0.5, 0.6) is 0 Å². The van der Waals surface area contributed by atoms with Crippen LogP contribution in [0, 0.1) is 5.92 Å². The maximum absolute atomic E-state index is 2.37. The Bertz CT molecular complexity index is 118. The van der Waals surface area contributed by atoms with Gasteiger partial charge in [-0.05, 0) is 19.3 Å². The van der Waals surface area contributed by atoms with Gasteiger partial charge in [0.05, 0.1) is 26.7 Å². The van der Waals surface area contributed by atoms with E-state index in [0.29, 0.717) is 0 Å². The average Bonchev–Trinajstić information content (AvgIpc) is 1.81. The van der Waals surface area contributed by atoms with E-state index in [4.69, 9.17) is 0 Å². The zero-order valence-electron chi connectivity index (χ0n) is 7.72. The highest BCUT2D eigenvalue weighted by Crippen LogP contribution is 2.25. The molecule has 2 atom stereocenters. The lowest BCUT2D eigenvalue weighted by Gasteiger charge is -2.42. The van der Waals surface area contributed by atoms with Crippen molar-refractivity contribution in [1.29, 1.82) is 0 Å². The largest absolute Gasteiger partial charge is 0.326 e. The Morgan fingerprint density at radius 3 is 2.20 bits per heavy atom. The number of hydrogen-bond acceptors (Lipinski definition) is 0. The molecule has 1 aliphatic rings. The van der Waals surface area contributed by atoms with Gasteiger partial charge in [-0.15, -0.1) is 0 Å². The summed E-state index contributed by atoms with van der Waals surface area (Å²) in [7, 11) is 4.69. The number of nitrogens with zero attached hydrogens (tertiary/aromatic N) is 1. The number of rotatable bonds is 0. The van der Waals surface area contributed by atoms with Gasteiger partial charge in [0.25, 0.3) is 0 Å². The highest BCUT2D eigenvalue weighted by Gasteiger charge is 2.30. The lowest BCUT2D eigenvalue weighted by atomic mass is 9.92. The van der Waals surface area contributed by atoms with E-state index in [0.717, 1.165) is 12.0 Å². The highest BCUT2D eigenvalue weighted by molar-refractivity contribution is 4.64. The second kappa shape index (κ2) is 2.54. The van der Waals surface area contributed by atoms with Crippen LogP contribution >= 0.6 is 0 Å². The van der Waals surface area contributed by atoms with Crippen LogP contribution in [0.4, 0.5) is 0 Å². The highest BCUT2D eigenvalue weighted by atomic mass is 15.3. The molecule has 1 saturated heterocycles. The summed E-state index contributed by atoms with van der Waals surface area (Å²) in [5, 5.41) is 0. The smallest absolute Gasteiger partial charge is 0.0860 e. The maximum Gasteiger partial charge on any atom is 0.0860 e. The summed E-state index contributed by atoms with van der Waals surface area (Å²) in [6.45, 7) is 6.10. The fourth-order valence-corrected chi connectivity index (χ4v) is 1.76. The lowest BCUT2D eigenvalue weighted by molar-refractivity contribution is -0.919. The molecule has 0 N–H and O–H groups in total. The molecular weight excluding hydrogens is 122 g/mol. The summed E-state index contributed by atoms with van der Waals surface area (Å²) in [4.78, 5) is 0. The van der Waals surface area contributed by atoms with E-state index in [9.17, 15) is 0 Å². The second-order valence-corrected chi connectivity index (χ2v) is 4.48. The van der Waals surface area contributed by atoms with Crippen molar-refractivity contribution < 1.29 is 4.48 Å². The Morgan fingerprint density at radius 2 is 1.80 bits per heavy atom. The molecule has 0 aromatic heterocycles. The van der Waals surface area contributed by atoms with Crippen LogP contribution < -0.4 is 0 Å². The molecule has 1 heteroatoms. The summed E-state index contributed by atoms with van der Waals surface area (Å²) in [5.74, 6) is 0.959. The number of hydrogen-bond donors (Lipinski definition) is 0. The molecule has 1 aliphatic heterocycles. The predicted molar refractivity (Wildman–Crippen MR) is 44.8 cm³/mol. The first-order chi connectivity index (χ1) is 4.52. The van der Waals surface area contributed by atoms with Crippen molar-refractivity contribution in [3.05, 3.63) is 0 Å². The molecular formula is C9H20N+. The van der Waals surface area contributed by atoms with Crippen LogP contribution in [0.25, 0.3) is 0 Å². The summed E-state index contributed by atoms with van der Waals surface area (Å²) in [5.41, 5.74) is 0. The van der Waals surface area contributed by atoms with Crippen molar-refractivity contribution in [1.82, 2.24) is 0 Å². The van der Waals surface area contributed by atoms with Gasteiger partial charge >= 0.3 is 0 Å². The van der Waals surface area contributed by atoms with Crippen LogP contribution in [0.2, 0.25) is 0 Å². The summed E-state index contributed by atoms with van der Waals surface area (Å²) in [6, 6.07) is 0.865. The topological polar surface area (TPSA) is 0 Å². The molecule has 0 aliphatic carbocycles. The third-order valence-corrected chi connectivity index (χ3v) is 3.13. The van der Waals surface area contributed by atoms with E-state index in [2.05, 4.69) is 27.9 Å². The van der Waals surface area contributed by atoms with E-state index in [1.54, 1.807) is 0 Å². The Hall–Kier alpha value is -0.0400. The Kier molecular flexibility index (Phi) is 2.04.